The van der Waals surface area contributed by atoms with Crippen molar-refractivity contribution in [2.75, 3.05) is 6.61 Å². The van der Waals surface area contributed by atoms with Gasteiger partial charge < -0.3 is 10.4 Å². The maximum atomic E-state index is 9.19. The van der Waals surface area contributed by atoms with E-state index in [4.69, 9.17) is 0 Å². The molecule has 1 aromatic rings. The molecule has 0 spiro atoms. The highest BCUT2D eigenvalue weighted by Gasteiger charge is 2.24. The fourth-order valence-corrected chi connectivity index (χ4v) is 1.55. The number of nitrogens with one attached hydrogen (secondary N) is 1. The fraction of sp³-hybridized carbons (Fsp3) is 0.700. The van der Waals surface area contributed by atoms with Crippen LogP contribution in [0.3, 0.4) is 0 Å². The number of hydrogen-bond acceptors (Lipinski definition) is 3. The number of nitrogens with zero attached hydrogens (tertiary/aromatic N) is 2. The molecule has 4 heteroatoms. The minimum Gasteiger partial charge on any atom is -0.395 e. The molecule has 0 aliphatic heterocycles. The van der Waals surface area contributed by atoms with Crippen LogP contribution >= 0.6 is 0 Å². The molecule has 14 heavy (non-hydrogen) atoms. The van der Waals surface area contributed by atoms with Crippen LogP contribution in [0.4, 0.5) is 0 Å². The average molecular weight is 195 g/mol. The first-order valence-corrected chi connectivity index (χ1v) is 5.15. The molecule has 78 valence electrons. The molecule has 0 saturated heterocycles. The van der Waals surface area contributed by atoms with Gasteiger partial charge in [0.1, 0.15) is 0 Å². The fourth-order valence-electron chi connectivity index (χ4n) is 1.55. The lowest BCUT2D eigenvalue weighted by Gasteiger charge is -2.16. The van der Waals surface area contributed by atoms with Gasteiger partial charge in [-0.3, -0.25) is 4.68 Å². The number of aromatic nitrogens is 2. The van der Waals surface area contributed by atoms with Crippen molar-refractivity contribution in [3.05, 3.63) is 18.0 Å². The number of aryl methyl sites for hydroxylation is 1. The van der Waals surface area contributed by atoms with Crippen molar-refractivity contribution in [3.8, 4) is 0 Å². The highest BCUT2D eigenvalue weighted by molar-refractivity contribution is 4.97. The van der Waals surface area contributed by atoms with Gasteiger partial charge in [-0.2, -0.15) is 5.10 Å². The smallest absolute Gasteiger partial charge is 0.0602 e. The second-order valence-electron chi connectivity index (χ2n) is 3.98. The van der Waals surface area contributed by atoms with Crippen molar-refractivity contribution in [1.29, 1.82) is 0 Å². The molecule has 0 aromatic carbocycles. The van der Waals surface area contributed by atoms with E-state index >= 15 is 0 Å². The second kappa shape index (κ2) is 4.11. The summed E-state index contributed by atoms with van der Waals surface area (Å²) in [5.74, 6) is 0. The van der Waals surface area contributed by atoms with Gasteiger partial charge in [-0.1, -0.05) is 0 Å². The number of aliphatic hydroxyl groups is 1. The molecule has 0 amide bonds. The van der Waals surface area contributed by atoms with Crippen molar-refractivity contribution >= 4 is 0 Å². The molecule has 1 atom stereocenters. The van der Waals surface area contributed by atoms with Gasteiger partial charge in [0.25, 0.3) is 0 Å². The van der Waals surface area contributed by atoms with Crippen LogP contribution in [-0.4, -0.2) is 33.6 Å². The minimum atomic E-state index is 0.140. The Morgan fingerprint density at radius 2 is 2.50 bits per heavy atom. The quantitative estimate of drug-likeness (QED) is 0.710. The molecule has 0 radical (unpaired) electrons. The lowest BCUT2D eigenvalue weighted by molar-refractivity contribution is 0.223. The molecule has 4 nitrogen and oxygen atoms in total. The molecule has 2 N–H and O–H groups in total. The maximum Gasteiger partial charge on any atom is 0.0602 e. The third kappa shape index (κ3) is 2.33. The number of rotatable bonds is 5. The summed E-state index contributed by atoms with van der Waals surface area (Å²) in [6, 6.07) is 2.75. The monoisotopic (exact) mass is 195 g/mol. The Morgan fingerprint density at radius 1 is 1.71 bits per heavy atom. The van der Waals surface area contributed by atoms with Crippen molar-refractivity contribution in [3.63, 3.8) is 0 Å². The Balaban J connectivity index is 1.89. The van der Waals surface area contributed by atoms with Gasteiger partial charge in [0.05, 0.1) is 19.2 Å². The third-order valence-electron chi connectivity index (χ3n) is 2.59. The lowest BCUT2D eigenvalue weighted by atomic mass is 10.3. The molecule has 1 unspecified atom stereocenters. The first kappa shape index (κ1) is 9.68. The molecule has 1 saturated carbocycles. The molecule has 1 heterocycles. The predicted octanol–water partition coefficient (Wildman–Crippen LogP) is 0.304. The molecular formula is C10H17N3O. The highest BCUT2D eigenvalue weighted by Crippen LogP contribution is 2.19. The summed E-state index contributed by atoms with van der Waals surface area (Å²) in [4.78, 5) is 0. The Bertz CT molecular complexity index is 293. The van der Waals surface area contributed by atoms with Crippen LogP contribution < -0.4 is 5.32 Å². The molecule has 2 rings (SSSR count). The Morgan fingerprint density at radius 3 is 3.00 bits per heavy atom. The van der Waals surface area contributed by atoms with Gasteiger partial charge in [0, 0.05) is 17.9 Å². The number of hydrogen-bond donors (Lipinski definition) is 2. The van der Waals surface area contributed by atoms with Crippen molar-refractivity contribution in [2.45, 2.75) is 38.4 Å². The lowest BCUT2D eigenvalue weighted by Crippen LogP contribution is -2.38. The zero-order valence-electron chi connectivity index (χ0n) is 8.48. The standard InChI is InChI=1S/C10H17N3O/c1-8-4-5-11-13(8)6-10(7-14)12-9-2-3-9/h4-5,9-10,12,14H,2-3,6-7H2,1H3. The Hall–Kier alpha value is -0.870. The van der Waals surface area contributed by atoms with Crippen LogP contribution in [0.5, 0.6) is 0 Å². The summed E-state index contributed by atoms with van der Waals surface area (Å²) in [7, 11) is 0. The van der Waals surface area contributed by atoms with E-state index in [1.807, 2.05) is 17.7 Å². The molecular weight excluding hydrogens is 178 g/mol. The van der Waals surface area contributed by atoms with E-state index in [1.54, 1.807) is 6.20 Å². The van der Waals surface area contributed by atoms with E-state index < -0.39 is 0 Å². The summed E-state index contributed by atoms with van der Waals surface area (Å²) in [6.45, 7) is 2.96. The predicted molar refractivity (Wildman–Crippen MR) is 54.0 cm³/mol. The van der Waals surface area contributed by atoms with E-state index in [-0.39, 0.29) is 12.6 Å². The molecule has 0 bridgehead atoms. The van der Waals surface area contributed by atoms with E-state index in [2.05, 4.69) is 10.4 Å². The van der Waals surface area contributed by atoms with Gasteiger partial charge in [-0.05, 0) is 25.8 Å². The Kier molecular flexibility index (Phi) is 2.84. The van der Waals surface area contributed by atoms with E-state index in [0.717, 1.165) is 12.2 Å². The van der Waals surface area contributed by atoms with Gasteiger partial charge in [-0.25, -0.2) is 0 Å². The topological polar surface area (TPSA) is 50.1 Å². The highest BCUT2D eigenvalue weighted by atomic mass is 16.3. The van der Waals surface area contributed by atoms with Crippen molar-refractivity contribution < 1.29 is 5.11 Å². The van der Waals surface area contributed by atoms with Crippen LogP contribution in [0.1, 0.15) is 18.5 Å². The van der Waals surface area contributed by atoms with E-state index in [0.29, 0.717) is 6.04 Å². The van der Waals surface area contributed by atoms with Crippen molar-refractivity contribution in [2.24, 2.45) is 0 Å². The van der Waals surface area contributed by atoms with E-state index in [1.165, 1.54) is 12.8 Å². The zero-order valence-corrected chi connectivity index (χ0v) is 8.48. The van der Waals surface area contributed by atoms with Gasteiger partial charge in [-0.15, -0.1) is 0 Å². The molecule has 1 aromatic heterocycles. The van der Waals surface area contributed by atoms with E-state index in [9.17, 15) is 5.11 Å². The van der Waals surface area contributed by atoms with Gasteiger partial charge in [0.2, 0.25) is 0 Å². The van der Waals surface area contributed by atoms with Crippen molar-refractivity contribution in [1.82, 2.24) is 15.1 Å². The third-order valence-corrected chi connectivity index (χ3v) is 2.59. The summed E-state index contributed by atoms with van der Waals surface area (Å²) >= 11 is 0. The first-order chi connectivity index (χ1) is 6.79. The summed E-state index contributed by atoms with van der Waals surface area (Å²) in [6.07, 6.45) is 4.28. The van der Waals surface area contributed by atoms with Crippen LogP contribution in [0.25, 0.3) is 0 Å². The largest absolute Gasteiger partial charge is 0.395 e. The van der Waals surface area contributed by atoms with Gasteiger partial charge >= 0.3 is 0 Å². The summed E-state index contributed by atoms with van der Waals surface area (Å²) < 4.78 is 1.93. The SMILES string of the molecule is Cc1ccnn1CC(CO)NC1CC1. The molecule has 1 aliphatic rings. The van der Waals surface area contributed by atoms with Crippen LogP contribution in [0.2, 0.25) is 0 Å². The molecule has 1 fully saturated rings. The van der Waals surface area contributed by atoms with Gasteiger partial charge in [0.15, 0.2) is 0 Å². The zero-order chi connectivity index (χ0) is 9.97. The summed E-state index contributed by atoms with van der Waals surface area (Å²) in [5, 5.41) is 16.8. The number of aliphatic hydroxyl groups excluding tert-OH is 1. The average Bonchev–Trinajstić information content (AvgIpc) is 2.90. The second-order valence-corrected chi connectivity index (χ2v) is 3.98. The van der Waals surface area contributed by atoms with Crippen LogP contribution in [0, 0.1) is 6.92 Å². The summed E-state index contributed by atoms with van der Waals surface area (Å²) in [5.41, 5.74) is 1.14. The van der Waals surface area contributed by atoms with Crippen LogP contribution in [-0.2, 0) is 6.54 Å². The Labute approximate surface area is 83.9 Å². The minimum absolute atomic E-state index is 0.140. The maximum absolute atomic E-state index is 9.19. The first-order valence-electron chi connectivity index (χ1n) is 5.15. The van der Waals surface area contributed by atoms with Crippen LogP contribution in [0.15, 0.2) is 12.3 Å². The molecule has 1 aliphatic carbocycles. The normalized spacial score (nSPS) is 18.4.